The standard InChI is InChI=1S/C15H22N2/c1-5-17-14(10-16-11(2)3)9-13-8-12(4)6-7-15(13)17/h6-9,11,16H,5,10H2,1-4H3. The minimum absolute atomic E-state index is 0.528. The summed E-state index contributed by atoms with van der Waals surface area (Å²) in [7, 11) is 0. The molecule has 0 radical (unpaired) electrons. The summed E-state index contributed by atoms with van der Waals surface area (Å²) in [5, 5.41) is 4.85. The van der Waals surface area contributed by atoms with E-state index >= 15 is 0 Å². The lowest BCUT2D eigenvalue weighted by Gasteiger charge is -2.11. The topological polar surface area (TPSA) is 17.0 Å². The van der Waals surface area contributed by atoms with Gasteiger partial charge in [0.15, 0.2) is 0 Å². The normalized spacial score (nSPS) is 11.6. The molecule has 1 aromatic heterocycles. The second-order valence-electron chi connectivity index (χ2n) is 4.98. The summed E-state index contributed by atoms with van der Waals surface area (Å²) in [6.07, 6.45) is 0. The first-order valence-corrected chi connectivity index (χ1v) is 6.44. The number of aromatic nitrogens is 1. The lowest BCUT2D eigenvalue weighted by Crippen LogP contribution is -2.23. The average molecular weight is 230 g/mol. The van der Waals surface area contributed by atoms with Crippen molar-refractivity contribution >= 4 is 10.9 Å². The first-order valence-electron chi connectivity index (χ1n) is 6.44. The van der Waals surface area contributed by atoms with Crippen LogP contribution in [0.4, 0.5) is 0 Å². The molecule has 2 nitrogen and oxygen atoms in total. The van der Waals surface area contributed by atoms with Gasteiger partial charge < -0.3 is 9.88 Å². The molecular weight excluding hydrogens is 208 g/mol. The van der Waals surface area contributed by atoms with Crippen LogP contribution in [0.15, 0.2) is 24.3 Å². The highest BCUT2D eigenvalue weighted by Gasteiger charge is 2.07. The molecule has 0 saturated carbocycles. The molecule has 2 rings (SSSR count). The molecule has 2 heteroatoms. The summed E-state index contributed by atoms with van der Waals surface area (Å²) >= 11 is 0. The zero-order valence-corrected chi connectivity index (χ0v) is 11.2. The number of rotatable bonds is 4. The van der Waals surface area contributed by atoms with E-state index in [1.54, 1.807) is 0 Å². The van der Waals surface area contributed by atoms with Crippen LogP contribution in [0.1, 0.15) is 32.0 Å². The molecule has 1 aromatic carbocycles. The lowest BCUT2D eigenvalue weighted by molar-refractivity contribution is 0.564. The third kappa shape index (κ3) is 2.52. The molecule has 0 spiro atoms. The van der Waals surface area contributed by atoms with E-state index in [1.165, 1.54) is 22.2 Å². The van der Waals surface area contributed by atoms with Gasteiger partial charge in [-0.05, 0) is 32.0 Å². The summed E-state index contributed by atoms with van der Waals surface area (Å²) in [4.78, 5) is 0. The van der Waals surface area contributed by atoms with Crippen LogP contribution in [0, 0.1) is 6.92 Å². The van der Waals surface area contributed by atoms with Crippen molar-refractivity contribution in [1.29, 1.82) is 0 Å². The molecular formula is C15H22N2. The Morgan fingerprint density at radius 3 is 2.65 bits per heavy atom. The third-order valence-electron chi connectivity index (χ3n) is 3.15. The Kier molecular flexibility index (Phi) is 3.53. The number of nitrogens with zero attached hydrogens (tertiary/aromatic N) is 1. The molecule has 2 aromatic rings. The van der Waals surface area contributed by atoms with Crippen molar-refractivity contribution in [2.45, 2.75) is 46.8 Å². The number of fused-ring (bicyclic) bond motifs is 1. The van der Waals surface area contributed by atoms with Crippen LogP contribution in [0.25, 0.3) is 10.9 Å². The minimum Gasteiger partial charge on any atom is -0.344 e. The van der Waals surface area contributed by atoms with E-state index in [1.807, 2.05) is 0 Å². The molecule has 0 amide bonds. The van der Waals surface area contributed by atoms with Crippen molar-refractivity contribution < 1.29 is 0 Å². The number of nitrogens with one attached hydrogen (secondary N) is 1. The number of hydrogen-bond acceptors (Lipinski definition) is 1. The van der Waals surface area contributed by atoms with Crippen molar-refractivity contribution in [3.05, 3.63) is 35.5 Å². The van der Waals surface area contributed by atoms with Gasteiger partial charge in [-0.25, -0.2) is 0 Å². The fourth-order valence-corrected chi connectivity index (χ4v) is 2.28. The first kappa shape index (κ1) is 12.2. The van der Waals surface area contributed by atoms with Crippen LogP contribution in [-0.4, -0.2) is 10.6 Å². The highest BCUT2D eigenvalue weighted by molar-refractivity contribution is 5.82. The van der Waals surface area contributed by atoms with Gasteiger partial charge in [-0.15, -0.1) is 0 Å². The molecule has 0 fully saturated rings. The largest absolute Gasteiger partial charge is 0.344 e. The molecule has 1 heterocycles. The SMILES string of the molecule is CCn1c(CNC(C)C)cc2cc(C)ccc21. The summed E-state index contributed by atoms with van der Waals surface area (Å²) < 4.78 is 2.39. The Balaban J connectivity index is 2.41. The van der Waals surface area contributed by atoms with Gasteiger partial charge in [0, 0.05) is 35.7 Å². The lowest BCUT2D eigenvalue weighted by atomic mass is 10.2. The van der Waals surface area contributed by atoms with E-state index in [2.05, 4.69) is 61.8 Å². The predicted octanol–water partition coefficient (Wildman–Crippen LogP) is 3.47. The maximum atomic E-state index is 3.49. The van der Waals surface area contributed by atoms with Crippen molar-refractivity contribution in [2.24, 2.45) is 0 Å². The summed E-state index contributed by atoms with van der Waals surface area (Å²) in [5.74, 6) is 0. The number of benzene rings is 1. The molecule has 0 bridgehead atoms. The molecule has 0 atom stereocenters. The molecule has 0 unspecified atom stereocenters. The van der Waals surface area contributed by atoms with Crippen LogP contribution < -0.4 is 5.32 Å². The Hall–Kier alpha value is -1.28. The van der Waals surface area contributed by atoms with Gasteiger partial charge >= 0.3 is 0 Å². The highest BCUT2D eigenvalue weighted by Crippen LogP contribution is 2.21. The zero-order chi connectivity index (χ0) is 12.4. The van der Waals surface area contributed by atoms with Gasteiger partial charge in [-0.2, -0.15) is 0 Å². The van der Waals surface area contributed by atoms with Gasteiger partial charge in [0.25, 0.3) is 0 Å². The van der Waals surface area contributed by atoms with Crippen molar-refractivity contribution in [1.82, 2.24) is 9.88 Å². The van der Waals surface area contributed by atoms with Crippen LogP contribution in [0.5, 0.6) is 0 Å². The molecule has 0 saturated heterocycles. The third-order valence-corrected chi connectivity index (χ3v) is 3.15. The van der Waals surface area contributed by atoms with Crippen molar-refractivity contribution in [2.75, 3.05) is 0 Å². The molecule has 0 aliphatic rings. The Labute approximate surface area is 104 Å². The molecule has 0 aliphatic carbocycles. The summed E-state index contributed by atoms with van der Waals surface area (Å²) in [6.45, 7) is 10.7. The quantitative estimate of drug-likeness (QED) is 0.851. The summed E-state index contributed by atoms with van der Waals surface area (Å²) in [5.41, 5.74) is 4.05. The monoisotopic (exact) mass is 230 g/mol. The summed E-state index contributed by atoms with van der Waals surface area (Å²) in [6, 6.07) is 9.52. The van der Waals surface area contributed by atoms with Crippen LogP contribution in [-0.2, 0) is 13.1 Å². The van der Waals surface area contributed by atoms with E-state index in [4.69, 9.17) is 0 Å². The minimum atomic E-state index is 0.528. The maximum Gasteiger partial charge on any atom is 0.0483 e. The van der Waals surface area contributed by atoms with E-state index in [9.17, 15) is 0 Å². The molecule has 92 valence electrons. The molecule has 0 aliphatic heterocycles. The fraction of sp³-hybridized carbons (Fsp3) is 0.467. The number of hydrogen-bond donors (Lipinski definition) is 1. The van der Waals surface area contributed by atoms with E-state index in [-0.39, 0.29) is 0 Å². The molecule has 1 N–H and O–H groups in total. The van der Waals surface area contributed by atoms with Gasteiger partial charge in [-0.1, -0.05) is 25.5 Å². The van der Waals surface area contributed by atoms with Gasteiger partial charge in [0.1, 0.15) is 0 Å². The van der Waals surface area contributed by atoms with E-state index < -0.39 is 0 Å². The van der Waals surface area contributed by atoms with E-state index in [0.29, 0.717) is 6.04 Å². The highest BCUT2D eigenvalue weighted by atomic mass is 15.0. The second kappa shape index (κ2) is 4.92. The second-order valence-corrected chi connectivity index (χ2v) is 4.98. The predicted molar refractivity (Wildman–Crippen MR) is 74.3 cm³/mol. The molecule has 17 heavy (non-hydrogen) atoms. The van der Waals surface area contributed by atoms with Crippen LogP contribution in [0.3, 0.4) is 0 Å². The Morgan fingerprint density at radius 2 is 2.00 bits per heavy atom. The van der Waals surface area contributed by atoms with E-state index in [0.717, 1.165) is 13.1 Å². The van der Waals surface area contributed by atoms with Crippen molar-refractivity contribution in [3.8, 4) is 0 Å². The van der Waals surface area contributed by atoms with Crippen LogP contribution >= 0.6 is 0 Å². The number of aryl methyl sites for hydroxylation is 2. The average Bonchev–Trinajstić information content (AvgIpc) is 2.62. The Morgan fingerprint density at radius 1 is 1.24 bits per heavy atom. The van der Waals surface area contributed by atoms with Gasteiger partial charge in [-0.3, -0.25) is 0 Å². The van der Waals surface area contributed by atoms with Gasteiger partial charge in [0.2, 0.25) is 0 Å². The van der Waals surface area contributed by atoms with Crippen LogP contribution in [0.2, 0.25) is 0 Å². The van der Waals surface area contributed by atoms with Crippen molar-refractivity contribution in [3.63, 3.8) is 0 Å². The first-order chi connectivity index (χ1) is 8.11. The zero-order valence-electron chi connectivity index (χ0n) is 11.2. The van der Waals surface area contributed by atoms with Gasteiger partial charge in [0.05, 0.1) is 0 Å². The maximum absolute atomic E-state index is 3.49. The fourth-order valence-electron chi connectivity index (χ4n) is 2.28. The smallest absolute Gasteiger partial charge is 0.0483 e. The Bertz CT molecular complexity index is 509.